The van der Waals surface area contributed by atoms with E-state index >= 15 is 0 Å². The first-order chi connectivity index (χ1) is 6.86. The molecule has 2 rings (SSSR count). The summed E-state index contributed by atoms with van der Waals surface area (Å²) in [4.78, 5) is 4.34. The molecule has 0 spiro atoms. The van der Waals surface area contributed by atoms with Crippen molar-refractivity contribution in [2.75, 3.05) is 0 Å². The first kappa shape index (κ1) is 10.0. The number of aromatic amines is 1. The van der Waals surface area contributed by atoms with Gasteiger partial charge >= 0.3 is 0 Å². The number of tetrazole rings is 1. The second-order valence-electron chi connectivity index (χ2n) is 4.58. The van der Waals surface area contributed by atoms with Crippen LogP contribution >= 0.6 is 0 Å². The van der Waals surface area contributed by atoms with E-state index in [1.54, 1.807) is 0 Å². The zero-order valence-corrected chi connectivity index (χ0v) is 9.14. The van der Waals surface area contributed by atoms with Crippen molar-refractivity contribution in [1.82, 2.24) is 25.7 Å². The van der Waals surface area contributed by atoms with Crippen molar-refractivity contribution in [2.45, 2.75) is 38.8 Å². The molecule has 0 aromatic carbocycles. The average molecular weight is 209 g/mol. The van der Waals surface area contributed by atoms with E-state index in [2.05, 4.69) is 25.6 Å². The van der Waals surface area contributed by atoms with E-state index in [9.17, 15) is 5.21 Å². The van der Waals surface area contributed by atoms with Gasteiger partial charge in [-0.25, -0.2) is 0 Å². The maximum Gasteiger partial charge on any atom is 0.238 e. The zero-order valence-electron chi connectivity index (χ0n) is 9.14. The molecule has 0 amide bonds. The van der Waals surface area contributed by atoms with Crippen molar-refractivity contribution in [3.8, 4) is 0 Å². The number of nitrogens with zero attached hydrogens (tertiary/aromatic N) is 5. The number of nitrogens with one attached hydrogen (secondary N) is 1. The summed E-state index contributed by atoms with van der Waals surface area (Å²) < 4.78 is 0. The Balaban J connectivity index is 2.46. The average Bonchev–Trinajstić information content (AvgIpc) is 2.69. The second kappa shape index (κ2) is 2.75. The SMILES string of the molecule is CC1(C)N=C(c2nn[nH]n2)N([O-])C1(C)C. The lowest BCUT2D eigenvalue weighted by Gasteiger charge is -2.45. The van der Waals surface area contributed by atoms with E-state index in [1.165, 1.54) is 0 Å². The van der Waals surface area contributed by atoms with Gasteiger partial charge in [-0.1, -0.05) is 0 Å². The smallest absolute Gasteiger partial charge is 0.238 e. The van der Waals surface area contributed by atoms with Gasteiger partial charge in [0.2, 0.25) is 5.82 Å². The summed E-state index contributed by atoms with van der Waals surface area (Å²) in [5.74, 6) is 0.474. The van der Waals surface area contributed by atoms with Crippen molar-refractivity contribution in [3.63, 3.8) is 0 Å². The molecule has 1 aromatic heterocycles. The minimum absolute atomic E-state index is 0.235. The van der Waals surface area contributed by atoms with E-state index in [0.717, 1.165) is 5.06 Å². The number of H-pyrrole nitrogens is 1. The summed E-state index contributed by atoms with van der Waals surface area (Å²) in [7, 11) is 0. The number of hydrogen-bond acceptors (Lipinski definition) is 6. The van der Waals surface area contributed by atoms with Crippen LogP contribution in [0.5, 0.6) is 0 Å². The maximum atomic E-state index is 12.0. The molecule has 0 unspecified atom stereocenters. The predicted molar refractivity (Wildman–Crippen MR) is 54.1 cm³/mol. The summed E-state index contributed by atoms with van der Waals surface area (Å²) in [6.45, 7) is 7.50. The molecule has 0 saturated carbocycles. The molecular formula is C8H13N6O-. The molecule has 0 saturated heterocycles. The topological polar surface area (TPSA) is 93.1 Å². The number of aromatic nitrogens is 4. The molecule has 2 heterocycles. The molecule has 0 fully saturated rings. The standard InChI is InChI=1S/C8H13N6O/c1-7(2)8(3,4)14(15)6(9-7)5-10-12-13-11-5/h1-4H3,(H,10,11,12,13)/q-1. The van der Waals surface area contributed by atoms with Crippen LogP contribution < -0.4 is 0 Å². The van der Waals surface area contributed by atoms with Gasteiger partial charge in [0, 0.05) is 5.54 Å². The summed E-state index contributed by atoms with van der Waals surface area (Å²) in [6, 6.07) is 0. The Kier molecular flexibility index (Phi) is 1.84. The molecular weight excluding hydrogens is 196 g/mol. The third-order valence-electron chi connectivity index (χ3n) is 3.13. The highest BCUT2D eigenvalue weighted by Gasteiger charge is 2.45. The highest BCUT2D eigenvalue weighted by Crippen LogP contribution is 2.37. The van der Waals surface area contributed by atoms with Crippen molar-refractivity contribution < 1.29 is 0 Å². The molecule has 1 aliphatic rings. The fraction of sp³-hybridized carbons (Fsp3) is 0.750. The Morgan fingerprint density at radius 3 is 2.33 bits per heavy atom. The van der Waals surface area contributed by atoms with E-state index < -0.39 is 11.1 Å². The molecule has 1 aliphatic heterocycles. The summed E-state index contributed by atoms with van der Waals surface area (Å²) >= 11 is 0. The number of rotatable bonds is 1. The maximum absolute atomic E-state index is 12.0. The molecule has 1 aromatic rings. The van der Waals surface area contributed by atoms with Crippen molar-refractivity contribution in [3.05, 3.63) is 11.0 Å². The Bertz CT molecular complexity index is 393. The van der Waals surface area contributed by atoms with Crippen LogP contribution in [0.3, 0.4) is 0 Å². The van der Waals surface area contributed by atoms with E-state index in [0.29, 0.717) is 0 Å². The van der Waals surface area contributed by atoms with Crippen LogP contribution in [0.2, 0.25) is 0 Å². The van der Waals surface area contributed by atoms with Gasteiger partial charge in [-0.3, -0.25) is 4.99 Å². The fourth-order valence-corrected chi connectivity index (χ4v) is 1.36. The second-order valence-corrected chi connectivity index (χ2v) is 4.58. The van der Waals surface area contributed by atoms with Crippen LogP contribution in [0.1, 0.15) is 33.5 Å². The Hall–Kier alpha value is -1.50. The molecule has 0 radical (unpaired) electrons. The molecule has 0 bridgehead atoms. The third kappa shape index (κ3) is 1.23. The van der Waals surface area contributed by atoms with Crippen LogP contribution in [0, 0.1) is 5.21 Å². The third-order valence-corrected chi connectivity index (χ3v) is 3.13. The van der Waals surface area contributed by atoms with Crippen molar-refractivity contribution in [2.24, 2.45) is 4.99 Å². The van der Waals surface area contributed by atoms with Crippen molar-refractivity contribution in [1.29, 1.82) is 0 Å². The highest BCUT2D eigenvalue weighted by atomic mass is 16.5. The minimum Gasteiger partial charge on any atom is -0.757 e. The monoisotopic (exact) mass is 209 g/mol. The molecule has 1 N–H and O–H groups in total. The fourth-order valence-electron chi connectivity index (χ4n) is 1.36. The molecule has 82 valence electrons. The van der Waals surface area contributed by atoms with Crippen LogP contribution in [-0.4, -0.2) is 42.6 Å². The number of hydrogen-bond donors (Lipinski definition) is 1. The van der Waals surface area contributed by atoms with Gasteiger partial charge in [0.05, 0.1) is 5.54 Å². The van der Waals surface area contributed by atoms with Gasteiger partial charge in [-0.15, -0.1) is 10.2 Å². The number of amidine groups is 1. The van der Waals surface area contributed by atoms with Crippen LogP contribution in [0.15, 0.2) is 4.99 Å². The molecule has 7 heteroatoms. The normalized spacial score (nSPS) is 23.0. The van der Waals surface area contributed by atoms with Crippen LogP contribution in [-0.2, 0) is 0 Å². The van der Waals surface area contributed by atoms with E-state index in [-0.39, 0.29) is 11.7 Å². The van der Waals surface area contributed by atoms with Crippen LogP contribution in [0.25, 0.3) is 0 Å². The van der Waals surface area contributed by atoms with Gasteiger partial charge in [-0.2, -0.15) is 5.21 Å². The Labute approximate surface area is 87.2 Å². The zero-order chi connectivity index (χ0) is 11.3. The first-order valence-electron chi connectivity index (χ1n) is 4.67. The molecule has 7 nitrogen and oxygen atoms in total. The largest absolute Gasteiger partial charge is 0.757 e. The summed E-state index contributed by atoms with van der Waals surface area (Å²) in [5, 5.41) is 26.1. The lowest BCUT2D eigenvalue weighted by molar-refractivity contribution is 0.204. The van der Waals surface area contributed by atoms with E-state index in [1.807, 2.05) is 27.7 Å². The number of hydroxylamine groups is 2. The van der Waals surface area contributed by atoms with Gasteiger partial charge < -0.3 is 10.3 Å². The van der Waals surface area contributed by atoms with Gasteiger partial charge in [0.1, 0.15) is 0 Å². The quantitative estimate of drug-likeness (QED) is 0.718. The lowest BCUT2D eigenvalue weighted by atomic mass is 9.84. The molecule has 0 aliphatic carbocycles. The lowest BCUT2D eigenvalue weighted by Crippen LogP contribution is -2.50. The predicted octanol–water partition coefficient (Wildman–Crippen LogP) is 0.317. The Morgan fingerprint density at radius 2 is 1.93 bits per heavy atom. The van der Waals surface area contributed by atoms with Crippen molar-refractivity contribution >= 4 is 5.84 Å². The Morgan fingerprint density at radius 1 is 1.27 bits per heavy atom. The highest BCUT2D eigenvalue weighted by molar-refractivity contribution is 5.98. The minimum atomic E-state index is -0.608. The first-order valence-corrected chi connectivity index (χ1v) is 4.67. The van der Waals surface area contributed by atoms with Gasteiger partial charge in [0.15, 0.2) is 5.84 Å². The van der Waals surface area contributed by atoms with Gasteiger partial charge in [0.25, 0.3) is 0 Å². The van der Waals surface area contributed by atoms with Gasteiger partial charge in [-0.05, 0) is 32.9 Å². The van der Waals surface area contributed by atoms with E-state index in [4.69, 9.17) is 0 Å². The number of aliphatic imine (C=N–C) groups is 1. The summed E-state index contributed by atoms with van der Waals surface area (Å²) in [5.41, 5.74) is -1.08. The molecule has 0 atom stereocenters. The molecule has 15 heavy (non-hydrogen) atoms. The van der Waals surface area contributed by atoms with Crippen LogP contribution in [0.4, 0.5) is 0 Å². The summed E-state index contributed by atoms with van der Waals surface area (Å²) in [6.07, 6.45) is 0.